The van der Waals surface area contributed by atoms with Crippen LogP contribution < -0.4 is 15.4 Å². The van der Waals surface area contributed by atoms with Gasteiger partial charge in [0, 0.05) is 20.3 Å². The van der Waals surface area contributed by atoms with Gasteiger partial charge in [-0.1, -0.05) is 17.7 Å². The first-order valence-electron chi connectivity index (χ1n) is 6.83. The molecule has 0 aliphatic rings. The van der Waals surface area contributed by atoms with E-state index in [-0.39, 0.29) is 5.75 Å². The smallest absolute Gasteiger partial charge is 0.346 e. The van der Waals surface area contributed by atoms with Crippen LogP contribution in [0.2, 0.25) is 0 Å². The number of aryl methyl sites for hydroxylation is 4. The van der Waals surface area contributed by atoms with Gasteiger partial charge in [0.25, 0.3) is 5.56 Å². The molecule has 2 rings (SSSR count). The molecule has 0 radical (unpaired) electrons. The first kappa shape index (κ1) is 17.0. The molecule has 1 heterocycles. The Morgan fingerprint density at radius 3 is 2.04 bits per heavy atom. The lowest BCUT2D eigenvalue weighted by molar-refractivity contribution is 0.476. The second-order valence-electron chi connectivity index (χ2n) is 5.52. The average molecular weight is 338 g/mol. The summed E-state index contributed by atoms with van der Waals surface area (Å²) in [5.74, 6) is 0.187. The molecule has 23 heavy (non-hydrogen) atoms. The van der Waals surface area contributed by atoms with Crippen molar-refractivity contribution in [2.24, 2.45) is 14.1 Å². The van der Waals surface area contributed by atoms with Crippen molar-refractivity contribution in [3.8, 4) is 5.75 Å². The van der Waals surface area contributed by atoms with Crippen molar-refractivity contribution >= 4 is 10.1 Å². The maximum Gasteiger partial charge on any atom is 0.346 e. The van der Waals surface area contributed by atoms with E-state index in [1.807, 2.05) is 6.92 Å². The zero-order chi connectivity index (χ0) is 17.5. The number of aromatic nitrogens is 2. The molecule has 0 aliphatic heterocycles. The summed E-state index contributed by atoms with van der Waals surface area (Å²) in [6.07, 6.45) is 0.971. The maximum atomic E-state index is 12.5. The molecule has 124 valence electrons. The third kappa shape index (κ3) is 3.07. The van der Waals surface area contributed by atoms with Crippen LogP contribution in [-0.2, 0) is 24.2 Å². The van der Waals surface area contributed by atoms with Crippen LogP contribution in [0, 0.1) is 20.8 Å². The first-order chi connectivity index (χ1) is 10.5. The minimum Gasteiger partial charge on any atom is -0.378 e. The minimum absolute atomic E-state index is 0.187. The van der Waals surface area contributed by atoms with E-state index in [1.165, 1.54) is 14.1 Å². The average Bonchev–Trinajstić information content (AvgIpc) is 2.44. The normalized spacial score (nSPS) is 11.5. The highest BCUT2D eigenvalue weighted by atomic mass is 32.2. The van der Waals surface area contributed by atoms with Gasteiger partial charge in [0.15, 0.2) is 4.90 Å². The molecule has 7 nitrogen and oxygen atoms in total. The fraction of sp³-hybridized carbons (Fsp3) is 0.333. The summed E-state index contributed by atoms with van der Waals surface area (Å²) < 4.78 is 31.9. The zero-order valence-electron chi connectivity index (χ0n) is 13.6. The number of benzene rings is 1. The van der Waals surface area contributed by atoms with Gasteiger partial charge in [-0.05, 0) is 31.9 Å². The Morgan fingerprint density at radius 1 is 1.00 bits per heavy atom. The highest BCUT2D eigenvalue weighted by Crippen LogP contribution is 2.27. The molecule has 0 unspecified atom stereocenters. The third-order valence-corrected chi connectivity index (χ3v) is 4.69. The van der Waals surface area contributed by atoms with Gasteiger partial charge < -0.3 is 8.75 Å². The summed E-state index contributed by atoms with van der Waals surface area (Å²) in [6.45, 7) is 5.34. The van der Waals surface area contributed by atoms with E-state index >= 15 is 0 Å². The summed E-state index contributed by atoms with van der Waals surface area (Å²) in [5, 5.41) is 0. The Balaban J connectivity index is 2.62. The molecule has 1 aromatic heterocycles. The van der Waals surface area contributed by atoms with E-state index < -0.39 is 26.3 Å². The summed E-state index contributed by atoms with van der Waals surface area (Å²) >= 11 is 0. The van der Waals surface area contributed by atoms with Crippen molar-refractivity contribution in [3.63, 3.8) is 0 Å². The molecule has 8 heteroatoms. The number of rotatable bonds is 3. The van der Waals surface area contributed by atoms with Gasteiger partial charge in [-0.3, -0.25) is 9.36 Å². The van der Waals surface area contributed by atoms with Crippen LogP contribution in [0.5, 0.6) is 5.75 Å². The van der Waals surface area contributed by atoms with Crippen molar-refractivity contribution < 1.29 is 12.6 Å². The molecule has 0 fully saturated rings. The Morgan fingerprint density at radius 2 is 1.52 bits per heavy atom. The molecule has 0 atom stereocenters. The van der Waals surface area contributed by atoms with E-state index in [0.29, 0.717) is 11.1 Å². The lowest BCUT2D eigenvalue weighted by Gasteiger charge is -2.13. The van der Waals surface area contributed by atoms with Gasteiger partial charge in [0.2, 0.25) is 0 Å². The molecule has 0 spiro atoms. The maximum absolute atomic E-state index is 12.5. The van der Waals surface area contributed by atoms with Crippen molar-refractivity contribution in [2.75, 3.05) is 0 Å². The van der Waals surface area contributed by atoms with Crippen LogP contribution in [0.4, 0.5) is 0 Å². The third-order valence-electron chi connectivity index (χ3n) is 3.48. The highest BCUT2D eigenvalue weighted by molar-refractivity contribution is 7.87. The molecule has 0 aliphatic carbocycles. The Bertz CT molecular complexity index is 976. The summed E-state index contributed by atoms with van der Waals surface area (Å²) in [4.78, 5) is 23.2. The fourth-order valence-electron chi connectivity index (χ4n) is 2.40. The van der Waals surface area contributed by atoms with Crippen LogP contribution in [0.15, 0.2) is 32.8 Å². The monoisotopic (exact) mass is 338 g/mol. The quantitative estimate of drug-likeness (QED) is 0.772. The predicted octanol–water partition coefficient (Wildman–Crippen LogP) is 0.777. The fourth-order valence-corrected chi connectivity index (χ4v) is 3.61. The number of nitrogens with zero attached hydrogens (tertiary/aromatic N) is 2. The molecule has 2 aromatic rings. The molecule has 1 aromatic carbocycles. The molecular formula is C15H18N2O5S. The first-order valence-corrected chi connectivity index (χ1v) is 8.24. The summed E-state index contributed by atoms with van der Waals surface area (Å²) in [5.41, 5.74) is 0.732. The van der Waals surface area contributed by atoms with Crippen LogP contribution in [0.1, 0.15) is 16.7 Å². The van der Waals surface area contributed by atoms with Gasteiger partial charge >= 0.3 is 15.8 Å². The van der Waals surface area contributed by atoms with Crippen LogP contribution in [0.3, 0.4) is 0 Å². The SMILES string of the molecule is Cc1cc(C)c(OS(=O)(=O)c2cn(C)c(=O)n(C)c2=O)c(C)c1. The molecule has 0 amide bonds. The van der Waals surface area contributed by atoms with Crippen LogP contribution in [0.25, 0.3) is 0 Å². The second kappa shape index (κ2) is 5.69. The van der Waals surface area contributed by atoms with E-state index in [9.17, 15) is 18.0 Å². The lowest BCUT2D eigenvalue weighted by Crippen LogP contribution is -2.39. The van der Waals surface area contributed by atoms with Gasteiger partial charge in [0.05, 0.1) is 0 Å². The van der Waals surface area contributed by atoms with Crippen molar-refractivity contribution in [1.29, 1.82) is 0 Å². The summed E-state index contributed by atoms with van der Waals surface area (Å²) in [7, 11) is -1.78. The van der Waals surface area contributed by atoms with E-state index in [2.05, 4.69) is 0 Å². The van der Waals surface area contributed by atoms with Crippen molar-refractivity contribution in [2.45, 2.75) is 25.7 Å². The highest BCUT2D eigenvalue weighted by Gasteiger charge is 2.25. The molecule has 0 N–H and O–H groups in total. The lowest BCUT2D eigenvalue weighted by atomic mass is 10.1. The standard InChI is InChI=1S/C15H18N2O5S/c1-9-6-10(2)13(11(3)7-9)22-23(20,21)12-8-16(4)15(19)17(5)14(12)18/h6-8H,1-5H3. The Labute approximate surface area is 133 Å². The second-order valence-corrected chi connectivity index (χ2v) is 7.03. The minimum atomic E-state index is -4.36. The Kier molecular flexibility index (Phi) is 4.21. The predicted molar refractivity (Wildman–Crippen MR) is 85.4 cm³/mol. The number of hydrogen-bond donors (Lipinski definition) is 0. The van der Waals surface area contributed by atoms with E-state index in [1.54, 1.807) is 26.0 Å². The van der Waals surface area contributed by atoms with Gasteiger partial charge in [-0.25, -0.2) is 4.79 Å². The van der Waals surface area contributed by atoms with Gasteiger partial charge in [-0.15, -0.1) is 0 Å². The van der Waals surface area contributed by atoms with Crippen LogP contribution in [-0.4, -0.2) is 17.6 Å². The van der Waals surface area contributed by atoms with Gasteiger partial charge in [-0.2, -0.15) is 8.42 Å². The van der Waals surface area contributed by atoms with E-state index in [4.69, 9.17) is 4.18 Å². The molecule has 0 saturated carbocycles. The summed E-state index contributed by atoms with van der Waals surface area (Å²) in [6, 6.07) is 3.58. The van der Waals surface area contributed by atoms with Crippen molar-refractivity contribution in [3.05, 3.63) is 55.9 Å². The zero-order valence-corrected chi connectivity index (χ0v) is 14.4. The molecule has 0 saturated heterocycles. The largest absolute Gasteiger partial charge is 0.378 e. The van der Waals surface area contributed by atoms with E-state index in [0.717, 1.165) is 20.9 Å². The molecule has 0 bridgehead atoms. The topological polar surface area (TPSA) is 87.4 Å². The van der Waals surface area contributed by atoms with Crippen LogP contribution >= 0.6 is 0 Å². The molecular weight excluding hydrogens is 320 g/mol. The number of hydrogen-bond acceptors (Lipinski definition) is 5. The van der Waals surface area contributed by atoms with Gasteiger partial charge in [0.1, 0.15) is 5.75 Å². The van der Waals surface area contributed by atoms with Crippen molar-refractivity contribution in [1.82, 2.24) is 9.13 Å². The Hall–Kier alpha value is -2.35.